The number of aromatic nitrogens is 2. The van der Waals surface area contributed by atoms with Gasteiger partial charge in [0.1, 0.15) is 0 Å². The van der Waals surface area contributed by atoms with Crippen LogP contribution in [0.4, 0.5) is 0 Å². The van der Waals surface area contributed by atoms with Gasteiger partial charge in [0.15, 0.2) is 9.84 Å². The molecule has 0 atom stereocenters. The maximum atomic E-state index is 11.7. The minimum absolute atomic E-state index is 0.0610. The summed E-state index contributed by atoms with van der Waals surface area (Å²) >= 11 is 0. The van der Waals surface area contributed by atoms with Crippen LogP contribution in [0.1, 0.15) is 24.1 Å². The minimum atomic E-state index is -3.27. The molecule has 3 rings (SSSR count). The van der Waals surface area contributed by atoms with Crippen molar-refractivity contribution in [2.45, 2.75) is 31.1 Å². The van der Waals surface area contributed by atoms with Crippen LogP contribution in [0.3, 0.4) is 0 Å². The number of sulfone groups is 1. The van der Waals surface area contributed by atoms with Crippen LogP contribution in [-0.4, -0.2) is 36.1 Å². The minimum Gasteiger partial charge on any atom is -0.314 e. The Morgan fingerprint density at radius 2 is 1.73 bits per heavy atom. The highest BCUT2D eigenvalue weighted by molar-refractivity contribution is 7.90. The number of nitrogens with zero attached hydrogens (tertiary/aromatic N) is 3. The fourth-order valence-corrected chi connectivity index (χ4v) is 3.69. The summed E-state index contributed by atoms with van der Waals surface area (Å²) in [5.74, 6) is 0. The molecule has 0 spiro atoms. The van der Waals surface area contributed by atoms with Gasteiger partial charge in [0.2, 0.25) is 0 Å². The average molecular weight is 429 g/mol. The predicted octanol–water partition coefficient (Wildman–Crippen LogP) is 3.78. The van der Waals surface area contributed by atoms with Crippen LogP contribution >= 0.6 is 0 Å². The van der Waals surface area contributed by atoms with Crippen molar-refractivity contribution in [3.63, 3.8) is 0 Å². The molecule has 0 aliphatic rings. The number of rotatable bonds is 9. The number of aryl methyl sites for hydroxylation is 2. The number of hydrogen-bond donors (Lipinski definition) is 0. The van der Waals surface area contributed by atoms with Crippen molar-refractivity contribution in [2.75, 3.05) is 12.9 Å². The molecule has 0 amide bonds. The molecular weight excluding hydrogens is 406 g/mol. The van der Waals surface area contributed by atoms with Crippen LogP contribution in [0, 0.1) is 17.0 Å². The summed E-state index contributed by atoms with van der Waals surface area (Å²) in [7, 11) is -3.27. The SMILES string of the molecule is Cc1ccc(-n2nc(CCCCO[N+](=O)[O-])cc2-c2ccc(S(C)(=O)=O)cc2)cc1. The van der Waals surface area contributed by atoms with Gasteiger partial charge < -0.3 is 4.84 Å². The molecular formula is C21H23N3O5S. The van der Waals surface area contributed by atoms with Crippen LogP contribution in [0.25, 0.3) is 16.9 Å². The fourth-order valence-electron chi connectivity index (χ4n) is 3.06. The van der Waals surface area contributed by atoms with E-state index in [1.165, 1.54) is 6.26 Å². The van der Waals surface area contributed by atoms with Gasteiger partial charge in [-0.2, -0.15) is 5.10 Å². The summed E-state index contributed by atoms with van der Waals surface area (Å²) in [4.78, 5) is 14.8. The second-order valence-corrected chi connectivity index (χ2v) is 9.09. The fraction of sp³-hybridized carbons (Fsp3) is 0.286. The van der Waals surface area contributed by atoms with Gasteiger partial charge in [-0.15, -0.1) is 10.1 Å². The van der Waals surface area contributed by atoms with Gasteiger partial charge in [-0.1, -0.05) is 29.8 Å². The number of hydrogen-bond acceptors (Lipinski definition) is 6. The largest absolute Gasteiger partial charge is 0.314 e. The first-order valence-corrected chi connectivity index (χ1v) is 11.4. The highest BCUT2D eigenvalue weighted by Gasteiger charge is 2.14. The normalized spacial score (nSPS) is 11.4. The highest BCUT2D eigenvalue weighted by atomic mass is 32.2. The molecule has 3 aromatic rings. The van der Waals surface area contributed by atoms with Crippen LogP contribution in [0.2, 0.25) is 0 Å². The van der Waals surface area contributed by atoms with Crippen molar-refractivity contribution < 1.29 is 18.3 Å². The molecule has 0 saturated heterocycles. The van der Waals surface area contributed by atoms with E-state index in [4.69, 9.17) is 5.10 Å². The van der Waals surface area contributed by atoms with Gasteiger partial charge in [0.05, 0.1) is 28.6 Å². The second kappa shape index (κ2) is 9.08. The smallest absolute Gasteiger partial charge is 0.294 e. The molecule has 2 aromatic carbocycles. The van der Waals surface area contributed by atoms with Gasteiger partial charge in [0, 0.05) is 11.8 Å². The summed E-state index contributed by atoms with van der Waals surface area (Å²) < 4.78 is 25.3. The lowest BCUT2D eigenvalue weighted by Crippen LogP contribution is -2.03. The van der Waals surface area contributed by atoms with Crippen molar-refractivity contribution >= 4 is 9.84 Å². The first-order chi connectivity index (χ1) is 14.2. The average Bonchev–Trinajstić information content (AvgIpc) is 3.11. The predicted molar refractivity (Wildman–Crippen MR) is 113 cm³/mol. The number of benzene rings is 2. The third-order valence-corrected chi connectivity index (χ3v) is 5.77. The summed E-state index contributed by atoms with van der Waals surface area (Å²) in [6, 6.07) is 16.6. The molecule has 9 heteroatoms. The summed E-state index contributed by atoms with van der Waals surface area (Å²) in [5.41, 5.74) is 4.56. The molecule has 0 aliphatic heterocycles. The third-order valence-electron chi connectivity index (χ3n) is 4.64. The number of unbranched alkanes of at least 4 members (excludes halogenated alkanes) is 1. The van der Waals surface area contributed by atoms with Gasteiger partial charge >= 0.3 is 0 Å². The highest BCUT2D eigenvalue weighted by Crippen LogP contribution is 2.26. The Labute approximate surface area is 175 Å². The molecule has 0 bridgehead atoms. The molecule has 8 nitrogen and oxygen atoms in total. The van der Waals surface area contributed by atoms with E-state index < -0.39 is 14.9 Å². The lowest BCUT2D eigenvalue weighted by Gasteiger charge is -2.08. The zero-order valence-corrected chi connectivity index (χ0v) is 17.6. The molecule has 0 saturated carbocycles. The van der Waals surface area contributed by atoms with Crippen molar-refractivity contribution in [2.24, 2.45) is 0 Å². The molecule has 158 valence electrons. The van der Waals surface area contributed by atoms with Crippen LogP contribution in [-0.2, 0) is 21.1 Å². The van der Waals surface area contributed by atoms with Crippen molar-refractivity contribution in [3.05, 3.63) is 76.0 Å². The van der Waals surface area contributed by atoms with Crippen LogP contribution in [0.5, 0.6) is 0 Å². The Morgan fingerprint density at radius 1 is 1.07 bits per heavy atom. The molecule has 1 heterocycles. The Balaban J connectivity index is 1.89. The van der Waals surface area contributed by atoms with E-state index >= 15 is 0 Å². The van der Waals surface area contributed by atoms with E-state index in [9.17, 15) is 18.5 Å². The van der Waals surface area contributed by atoms with Gasteiger partial charge in [-0.25, -0.2) is 13.1 Å². The Kier molecular flexibility index (Phi) is 6.51. The Bertz CT molecular complexity index is 1120. The quantitative estimate of drug-likeness (QED) is 0.291. The maximum Gasteiger partial charge on any atom is 0.294 e. The standard InChI is InChI=1S/C21H23N3O5S/c1-16-6-10-19(11-7-16)23-21(17-8-12-20(13-9-17)30(2,27)28)15-18(22-23)5-3-4-14-29-24(25)26/h6-13,15H,3-5,14H2,1-2H3. The second-order valence-electron chi connectivity index (χ2n) is 7.08. The van der Waals surface area contributed by atoms with Gasteiger partial charge in [0.25, 0.3) is 5.09 Å². The first-order valence-electron chi connectivity index (χ1n) is 9.48. The zero-order valence-electron chi connectivity index (χ0n) is 16.8. The monoisotopic (exact) mass is 429 g/mol. The van der Waals surface area contributed by atoms with Crippen LogP contribution in [0.15, 0.2) is 59.5 Å². The molecule has 0 aliphatic carbocycles. The van der Waals surface area contributed by atoms with E-state index in [-0.39, 0.29) is 11.5 Å². The van der Waals surface area contributed by atoms with Gasteiger partial charge in [-0.3, -0.25) is 0 Å². The molecule has 0 radical (unpaired) electrons. The van der Waals surface area contributed by atoms with Crippen LogP contribution < -0.4 is 0 Å². The third kappa shape index (κ3) is 5.44. The van der Waals surface area contributed by atoms with E-state index in [1.807, 2.05) is 41.9 Å². The van der Waals surface area contributed by atoms with E-state index in [2.05, 4.69) is 4.84 Å². The lowest BCUT2D eigenvalue weighted by molar-refractivity contribution is -0.757. The summed E-state index contributed by atoms with van der Waals surface area (Å²) in [6.45, 7) is 2.07. The maximum absolute atomic E-state index is 11.7. The zero-order chi connectivity index (χ0) is 21.7. The Morgan fingerprint density at radius 3 is 2.33 bits per heavy atom. The summed E-state index contributed by atoms with van der Waals surface area (Å²) in [6.07, 6.45) is 3.08. The molecule has 0 unspecified atom stereocenters. The molecule has 1 aromatic heterocycles. The van der Waals surface area contributed by atoms with Crippen molar-refractivity contribution in [1.82, 2.24) is 9.78 Å². The lowest BCUT2D eigenvalue weighted by atomic mass is 10.1. The molecule has 30 heavy (non-hydrogen) atoms. The van der Waals surface area contributed by atoms with E-state index in [0.29, 0.717) is 19.3 Å². The van der Waals surface area contributed by atoms with E-state index in [0.717, 1.165) is 28.2 Å². The Hall–Kier alpha value is -3.20. The first kappa shape index (κ1) is 21.5. The van der Waals surface area contributed by atoms with Crippen molar-refractivity contribution in [3.8, 4) is 16.9 Å². The van der Waals surface area contributed by atoms with E-state index in [1.54, 1.807) is 24.3 Å². The topological polar surface area (TPSA) is 104 Å². The van der Waals surface area contributed by atoms with Crippen molar-refractivity contribution in [1.29, 1.82) is 0 Å². The molecule has 0 N–H and O–H groups in total. The van der Waals surface area contributed by atoms with Gasteiger partial charge in [-0.05, 0) is 56.5 Å². The molecule has 0 fully saturated rings. The summed E-state index contributed by atoms with van der Waals surface area (Å²) in [5, 5.41) is 14.2.